The van der Waals surface area contributed by atoms with Gasteiger partial charge in [-0.2, -0.15) is 4.98 Å². The summed E-state index contributed by atoms with van der Waals surface area (Å²) >= 11 is 0. The number of aromatic nitrogens is 2. The minimum atomic E-state index is -0.313. The van der Waals surface area contributed by atoms with E-state index in [1.165, 1.54) is 25.0 Å². The summed E-state index contributed by atoms with van der Waals surface area (Å²) in [5.41, 5.74) is 0.690. The van der Waals surface area contributed by atoms with E-state index in [-0.39, 0.29) is 17.8 Å². The second-order valence-electron chi connectivity index (χ2n) is 7.45. The number of aryl methyl sites for hydroxylation is 1. The molecule has 0 aliphatic carbocycles. The summed E-state index contributed by atoms with van der Waals surface area (Å²) in [5.74, 6) is 1.45. The number of carbonyl (C=O) groups is 1. The van der Waals surface area contributed by atoms with Gasteiger partial charge in [0, 0.05) is 24.9 Å². The molecule has 1 saturated heterocycles. The average molecular weight is 412 g/mol. The van der Waals surface area contributed by atoms with E-state index in [1.807, 2.05) is 12.1 Å². The second-order valence-corrected chi connectivity index (χ2v) is 7.45. The number of nitrogens with zero attached hydrogens (tertiary/aromatic N) is 3. The van der Waals surface area contributed by atoms with E-state index < -0.39 is 0 Å². The van der Waals surface area contributed by atoms with Crippen molar-refractivity contribution in [3.63, 3.8) is 0 Å². The predicted molar refractivity (Wildman–Crippen MR) is 108 cm³/mol. The fourth-order valence-electron chi connectivity index (χ4n) is 3.72. The number of halogens is 1. The van der Waals surface area contributed by atoms with Crippen LogP contribution in [0.1, 0.15) is 43.4 Å². The molecule has 0 bridgehead atoms. The van der Waals surface area contributed by atoms with Crippen LogP contribution in [0.25, 0.3) is 11.4 Å². The van der Waals surface area contributed by atoms with Gasteiger partial charge in [0.25, 0.3) is 0 Å². The lowest BCUT2D eigenvalue weighted by Crippen LogP contribution is -2.36. The number of amides is 1. The number of likely N-dealkylation sites (tertiary alicyclic amines) is 1. The zero-order chi connectivity index (χ0) is 20.8. The Morgan fingerprint density at radius 3 is 2.73 bits per heavy atom. The number of nitrogens with one attached hydrogen (secondary N) is 1. The molecular weight excluding hydrogens is 387 g/mol. The maximum absolute atomic E-state index is 13.0. The first-order chi connectivity index (χ1) is 14.7. The largest absolute Gasteiger partial charge is 0.468 e. The van der Waals surface area contributed by atoms with Gasteiger partial charge < -0.3 is 14.3 Å². The summed E-state index contributed by atoms with van der Waals surface area (Å²) in [7, 11) is 0. The highest BCUT2D eigenvalue weighted by molar-refractivity contribution is 5.75. The summed E-state index contributed by atoms with van der Waals surface area (Å²) in [5, 5.41) is 6.95. The third-order valence-corrected chi connectivity index (χ3v) is 5.31. The van der Waals surface area contributed by atoms with Crippen molar-refractivity contribution in [3.05, 3.63) is 60.1 Å². The number of rotatable bonds is 9. The Kier molecular flexibility index (Phi) is 6.53. The lowest BCUT2D eigenvalue weighted by Gasteiger charge is -2.26. The van der Waals surface area contributed by atoms with Gasteiger partial charge in [-0.25, -0.2) is 4.39 Å². The first-order valence-electron chi connectivity index (χ1n) is 10.3. The van der Waals surface area contributed by atoms with Crippen molar-refractivity contribution < 1.29 is 18.1 Å². The molecule has 7 nitrogen and oxygen atoms in total. The fourth-order valence-corrected chi connectivity index (χ4v) is 3.72. The molecule has 1 aliphatic heterocycles. The summed E-state index contributed by atoms with van der Waals surface area (Å²) in [4.78, 5) is 19.0. The lowest BCUT2D eigenvalue weighted by molar-refractivity contribution is -0.121. The third-order valence-electron chi connectivity index (χ3n) is 5.31. The molecule has 1 aromatic carbocycles. The zero-order valence-corrected chi connectivity index (χ0v) is 16.7. The van der Waals surface area contributed by atoms with Crippen LogP contribution in [0, 0.1) is 5.82 Å². The summed E-state index contributed by atoms with van der Waals surface area (Å²) in [6.07, 6.45) is 5.51. The number of benzene rings is 1. The van der Waals surface area contributed by atoms with Crippen molar-refractivity contribution in [2.75, 3.05) is 19.6 Å². The number of hydrogen-bond acceptors (Lipinski definition) is 6. The normalized spacial score (nSPS) is 15.4. The van der Waals surface area contributed by atoms with Gasteiger partial charge in [-0.1, -0.05) is 5.16 Å². The van der Waals surface area contributed by atoms with Gasteiger partial charge in [-0.15, -0.1) is 0 Å². The van der Waals surface area contributed by atoms with Crippen molar-refractivity contribution in [1.29, 1.82) is 0 Å². The minimum Gasteiger partial charge on any atom is -0.468 e. The Bertz CT molecular complexity index is 934. The van der Waals surface area contributed by atoms with Crippen LogP contribution in [-0.2, 0) is 11.2 Å². The third kappa shape index (κ3) is 5.13. The van der Waals surface area contributed by atoms with Crippen LogP contribution in [-0.4, -0.2) is 40.6 Å². The topological polar surface area (TPSA) is 84.4 Å². The SMILES string of the molecule is O=C(CCCc1nc(-c2ccc(F)cc2)no1)NCC(c1ccco1)N1CCCC1. The highest BCUT2D eigenvalue weighted by Gasteiger charge is 2.25. The molecule has 1 aliphatic rings. The molecule has 158 valence electrons. The molecule has 30 heavy (non-hydrogen) atoms. The minimum absolute atomic E-state index is 0.0102. The van der Waals surface area contributed by atoms with E-state index in [0.29, 0.717) is 43.1 Å². The van der Waals surface area contributed by atoms with Crippen LogP contribution in [0.5, 0.6) is 0 Å². The van der Waals surface area contributed by atoms with Crippen molar-refractivity contribution in [2.24, 2.45) is 0 Å². The average Bonchev–Trinajstić information content (AvgIpc) is 3.52. The highest BCUT2D eigenvalue weighted by Crippen LogP contribution is 2.25. The van der Waals surface area contributed by atoms with Gasteiger partial charge >= 0.3 is 0 Å². The van der Waals surface area contributed by atoms with E-state index in [2.05, 4.69) is 20.4 Å². The molecule has 1 amide bonds. The van der Waals surface area contributed by atoms with Crippen LogP contribution in [0.3, 0.4) is 0 Å². The summed E-state index contributed by atoms with van der Waals surface area (Å²) < 4.78 is 23.8. The molecular formula is C22H25FN4O3. The zero-order valence-electron chi connectivity index (χ0n) is 16.7. The van der Waals surface area contributed by atoms with Crippen LogP contribution in [0.15, 0.2) is 51.6 Å². The van der Waals surface area contributed by atoms with E-state index >= 15 is 0 Å². The molecule has 1 N–H and O–H groups in total. The number of hydrogen-bond donors (Lipinski definition) is 1. The van der Waals surface area contributed by atoms with Crippen molar-refractivity contribution in [2.45, 2.75) is 38.1 Å². The van der Waals surface area contributed by atoms with Crippen LogP contribution in [0.2, 0.25) is 0 Å². The van der Waals surface area contributed by atoms with E-state index in [4.69, 9.17) is 8.94 Å². The first-order valence-corrected chi connectivity index (χ1v) is 10.3. The molecule has 3 aromatic rings. The van der Waals surface area contributed by atoms with Crippen molar-refractivity contribution in [3.8, 4) is 11.4 Å². The summed E-state index contributed by atoms with van der Waals surface area (Å²) in [6.45, 7) is 2.57. The van der Waals surface area contributed by atoms with Gasteiger partial charge in [0.2, 0.25) is 17.6 Å². The van der Waals surface area contributed by atoms with E-state index in [0.717, 1.165) is 18.8 Å². The molecule has 0 spiro atoms. The first kappa shape index (κ1) is 20.3. The van der Waals surface area contributed by atoms with Gasteiger partial charge in [0.05, 0.1) is 12.3 Å². The van der Waals surface area contributed by atoms with Gasteiger partial charge in [0.15, 0.2) is 0 Å². The maximum atomic E-state index is 13.0. The lowest BCUT2D eigenvalue weighted by atomic mass is 10.1. The second kappa shape index (κ2) is 9.67. The number of furan rings is 1. The molecule has 1 unspecified atom stereocenters. The highest BCUT2D eigenvalue weighted by atomic mass is 19.1. The molecule has 0 saturated carbocycles. The Morgan fingerprint density at radius 1 is 1.20 bits per heavy atom. The van der Waals surface area contributed by atoms with Gasteiger partial charge in [0.1, 0.15) is 11.6 Å². The Hall–Kier alpha value is -3.00. The smallest absolute Gasteiger partial charge is 0.226 e. The van der Waals surface area contributed by atoms with Crippen LogP contribution < -0.4 is 5.32 Å². The monoisotopic (exact) mass is 412 g/mol. The van der Waals surface area contributed by atoms with Crippen LogP contribution in [0.4, 0.5) is 4.39 Å². The Labute approximate surface area is 174 Å². The van der Waals surface area contributed by atoms with Gasteiger partial charge in [-0.3, -0.25) is 9.69 Å². The fraction of sp³-hybridized carbons (Fsp3) is 0.409. The molecule has 2 aromatic heterocycles. The quantitative estimate of drug-likeness (QED) is 0.576. The number of carbonyl (C=O) groups excluding carboxylic acids is 1. The molecule has 0 radical (unpaired) electrons. The van der Waals surface area contributed by atoms with E-state index in [1.54, 1.807) is 18.4 Å². The molecule has 3 heterocycles. The Morgan fingerprint density at radius 2 is 2.00 bits per heavy atom. The molecule has 8 heteroatoms. The van der Waals surface area contributed by atoms with E-state index in [9.17, 15) is 9.18 Å². The molecule has 1 fully saturated rings. The maximum Gasteiger partial charge on any atom is 0.226 e. The van der Waals surface area contributed by atoms with Gasteiger partial charge in [-0.05, 0) is 68.8 Å². The molecule has 4 rings (SSSR count). The summed E-state index contributed by atoms with van der Waals surface area (Å²) in [6, 6.07) is 9.83. The molecule has 1 atom stereocenters. The Balaban J connectivity index is 1.23. The van der Waals surface area contributed by atoms with Crippen LogP contribution >= 0.6 is 0 Å². The van der Waals surface area contributed by atoms with Crippen molar-refractivity contribution in [1.82, 2.24) is 20.4 Å². The standard InChI is InChI=1S/C22H25FN4O3/c23-17-10-8-16(9-11-17)22-25-21(30-26-22)7-3-6-20(28)24-15-18(19-5-4-14-29-19)27-12-1-2-13-27/h4-5,8-11,14,18H,1-3,6-7,12-13,15H2,(H,24,28). The predicted octanol–water partition coefficient (Wildman–Crippen LogP) is 3.74. The van der Waals surface area contributed by atoms with Crippen molar-refractivity contribution >= 4 is 5.91 Å².